The molecule has 2 atom stereocenters. The van der Waals surface area contributed by atoms with E-state index in [2.05, 4.69) is 15.4 Å². The Labute approximate surface area is 161 Å². The Bertz CT molecular complexity index is 1030. The summed E-state index contributed by atoms with van der Waals surface area (Å²) in [7, 11) is 0. The van der Waals surface area contributed by atoms with Crippen molar-refractivity contribution in [3.05, 3.63) is 47.3 Å². The predicted molar refractivity (Wildman–Crippen MR) is 94.0 cm³/mol. The fourth-order valence-electron chi connectivity index (χ4n) is 3.70. The predicted octanol–water partition coefficient (Wildman–Crippen LogP) is 3.41. The Balaban J connectivity index is 1.64. The van der Waals surface area contributed by atoms with Crippen LogP contribution in [-0.2, 0) is 12.0 Å². The lowest BCUT2D eigenvalue weighted by Gasteiger charge is -2.50. The first kappa shape index (κ1) is 19.3. The summed E-state index contributed by atoms with van der Waals surface area (Å²) in [6, 6.07) is 5.44. The van der Waals surface area contributed by atoms with Crippen molar-refractivity contribution in [2.24, 2.45) is 10.7 Å². The highest BCUT2D eigenvalue weighted by Gasteiger charge is 2.66. The highest BCUT2D eigenvalue weighted by molar-refractivity contribution is 6.03. The lowest BCUT2D eigenvalue weighted by molar-refractivity contribution is -0.120. The van der Waals surface area contributed by atoms with Crippen LogP contribution in [0.2, 0.25) is 0 Å². The molecule has 1 aliphatic carbocycles. The highest BCUT2D eigenvalue weighted by atomic mass is 19.3. The summed E-state index contributed by atoms with van der Waals surface area (Å²) < 4.78 is 69.4. The van der Waals surface area contributed by atoms with Crippen LogP contribution >= 0.6 is 0 Å². The van der Waals surface area contributed by atoms with Crippen LogP contribution in [0.5, 0.6) is 0 Å². The molecule has 0 saturated heterocycles. The molecule has 0 fully saturated rings. The van der Waals surface area contributed by atoms with Gasteiger partial charge in [0.05, 0.1) is 6.42 Å². The molecule has 0 unspecified atom stereocenters. The number of carbonyl (C=O) groups is 1. The van der Waals surface area contributed by atoms with Gasteiger partial charge in [0, 0.05) is 18.3 Å². The molecule has 0 saturated carbocycles. The number of rotatable bonds is 3. The summed E-state index contributed by atoms with van der Waals surface area (Å²) in [5.74, 6) is -4.76. The zero-order valence-electron chi connectivity index (χ0n) is 15.1. The van der Waals surface area contributed by atoms with Crippen molar-refractivity contribution in [3.63, 3.8) is 0 Å². The van der Waals surface area contributed by atoms with Crippen molar-refractivity contribution in [2.45, 2.75) is 43.4 Å². The van der Waals surface area contributed by atoms with E-state index in [0.717, 1.165) is 19.2 Å². The van der Waals surface area contributed by atoms with E-state index in [0.29, 0.717) is 10.2 Å². The average Bonchev–Trinajstić information content (AvgIpc) is 3.09. The molecule has 0 radical (unpaired) electrons. The number of hydrogen-bond donors (Lipinski definition) is 2. The first-order valence-corrected chi connectivity index (χ1v) is 8.66. The Morgan fingerprint density at radius 2 is 2.00 bits per heavy atom. The van der Waals surface area contributed by atoms with Crippen molar-refractivity contribution in [1.82, 2.24) is 9.78 Å². The number of amidine groups is 1. The molecule has 4 rings (SSSR count). The van der Waals surface area contributed by atoms with Crippen molar-refractivity contribution < 1.29 is 26.7 Å². The Hall–Kier alpha value is -2.98. The van der Waals surface area contributed by atoms with Crippen LogP contribution in [0.4, 0.5) is 27.6 Å². The van der Waals surface area contributed by atoms with Crippen LogP contribution in [0.25, 0.3) is 0 Å². The molecule has 2 aliphatic rings. The second-order valence-electron chi connectivity index (χ2n) is 7.40. The van der Waals surface area contributed by atoms with Crippen LogP contribution < -0.4 is 11.1 Å². The maximum absolute atomic E-state index is 14.8. The van der Waals surface area contributed by atoms with Gasteiger partial charge < -0.3 is 11.1 Å². The largest absolute Gasteiger partial charge is 0.385 e. The van der Waals surface area contributed by atoms with E-state index >= 15 is 0 Å². The van der Waals surface area contributed by atoms with Crippen molar-refractivity contribution in [2.75, 3.05) is 5.32 Å². The molecule has 1 spiro atoms. The van der Waals surface area contributed by atoms with Gasteiger partial charge in [0.15, 0.2) is 16.9 Å². The molecule has 1 amide bonds. The molecule has 6 nitrogen and oxygen atoms in total. The van der Waals surface area contributed by atoms with Gasteiger partial charge in [-0.3, -0.25) is 9.79 Å². The molecular weight excluding hydrogens is 397 g/mol. The summed E-state index contributed by atoms with van der Waals surface area (Å²) >= 11 is 0. The summed E-state index contributed by atoms with van der Waals surface area (Å²) in [6.45, 7) is -1.94. The van der Waals surface area contributed by atoms with Crippen molar-refractivity contribution in [1.29, 1.82) is 0 Å². The number of halogens is 5. The highest BCUT2D eigenvalue weighted by Crippen LogP contribution is 2.57. The van der Waals surface area contributed by atoms with Crippen molar-refractivity contribution in [3.8, 4) is 0 Å². The van der Waals surface area contributed by atoms with Crippen LogP contribution in [0, 0.1) is 0 Å². The lowest BCUT2D eigenvalue weighted by atomic mass is 9.63. The maximum atomic E-state index is 14.8. The third kappa shape index (κ3) is 2.87. The second-order valence-corrected chi connectivity index (χ2v) is 7.40. The number of amides is 1. The fraction of sp³-hybridized carbons (Fsp3) is 0.389. The maximum Gasteiger partial charge on any atom is 0.333 e. The zero-order chi connectivity index (χ0) is 21.2. The van der Waals surface area contributed by atoms with Gasteiger partial charge in [-0.2, -0.15) is 13.9 Å². The number of nitrogens with one attached hydrogen (secondary N) is 1. The number of nitrogens with two attached hydrogens (primary N) is 1. The number of alkyl halides is 5. The van der Waals surface area contributed by atoms with Gasteiger partial charge in [-0.05, 0) is 36.2 Å². The number of aromatic nitrogens is 2. The van der Waals surface area contributed by atoms with E-state index in [1.54, 1.807) is 6.07 Å². The van der Waals surface area contributed by atoms with Gasteiger partial charge in [-0.1, -0.05) is 6.07 Å². The summed E-state index contributed by atoms with van der Waals surface area (Å²) in [5.41, 5.74) is 1.79. The third-order valence-electron chi connectivity index (χ3n) is 5.31. The lowest BCUT2D eigenvalue weighted by Crippen LogP contribution is -2.61. The molecule has 2 aromatic rings. The van der Waals surface area contributed by atoms with E-state index < -0.39 is 41.8 Å². The number of nitrogens with zero attached hydrogens (tertiary/aromatic N) is 3. The SMILES string of the molecule is C[C@]1(F)CC(F)(F)[C@]2(Cc3ccc(NC(=O)c4ccn(C(F)F)n4)cc32)N=C1N. The minimum atomic E-state index is -3.48. The molecule has 2 heterocycles. The first-order valence-electron chi connectivity index (χ1n) is 8.66. The second kappa shape index (κ2) is 6.01. The average molecular weight is 413 g/mol. The van der Waals surface area contributed by atoms with Gasteiger partial charge in [0.25, 0.3) is 11.8 Å². The Morgan fingerprint density at radius 1 is 1.28 bits per heavy atom. The Morgan fingerprint density at radius 3 is 2.66 bits per heavy atom. The first-order chi connectivity index (χ1) is 13.4. The van der Waals surface area contributed by atoms with E-state index in [9.17, 15) is 26.7 Å². The molecule has 1 aromatic heterocycles. The normalized spacial score (nSPS) is 27.3. The Kier molecular flexibility index (Phi) is 4.01. The van der Waals surface area contributed by atoms with Gasteiger partial charge in [0.1, 0.15) is 5.84 Å². The molecule has 154 valence electrons. The zero-order valence-corrected chi connectivity index (χ0v) is 15.1. The number of anilines is 1. The number of benzene rings is 1. The smallest absolute Gasteiger partial charge is 0.333 e. The molecule has 0 bridgehead atoms. The molecule has 29 heavy (non-hydrogen) atoms. The van der Waals surface area contributed by atoms with Gasteiger partial charge in [0.2, 0.25) is 0 Å². The fourth-order valence-corrected chi connectivity index (χ4v) is 3.70. The number of fused-ring (bicyclic) bond motifs is 2. The van der Waals surface area contributed by atoms with Crippen molar-refractivity contribution >= 4 is 17.4 Å². The van der Waals surface area contributed by atoms with Crippen LogP contribution in [0.1, 0.15) is 41.5 Å². The summed E-state index contributed by atoms with van der Waals surface area (Å²) in [5, 5.41) is 5.88. The van der Waals surface area contributed by atoms with E-state index in [1.165, 1.54) is 12.1 Å². The van der Waals surface area contributed by atoms with E-state index in [4.69, 9.17) is 5.73 Å². The standard InChI is InChI=1S/C18H16F5N5O/c1-16(21)8-18(22,23)17(26-14(16)24)7-9-2-3-10(6-11(9)17)25-13(29)12-4-5-28(27-12)15(19)20/h2-6,15H,7-8H2,1H3,(H2,24,26)(H,25,29)/t16-,17+/m0/s1. The molecule has 1 aromatic carbocycles. The van der Waals surface area contributed by atoms with Gasteiger partial charge in [-0.15, -0.1) is 0 Å². The van der Waals surface area contributed by atoms with E-state index in [1.807, 2.05) is 0 Å². The minimum Gasteiger partial charge on any atom is -0.385 e. The topological polar surface area (TPSA) is 85.3 Å². The quantitative estimate of drug-likeness (QED) is 0.757. The molecule has 11 heteroatoms. The van der Waals surface area contributed by atoms with Crippen LogP contribution in [0.3, 0.4) is 0 Å². The summed E-state index contributed by atoms with van der Waals surface area (Å²) in [6.07, 6.45) is -0.268. The molecule has 3 N–H and O–H groups in total. The number of carbonyl (C=O) groups excluding carboxylic acids is 1. The van der Waals surface area contributed by atoms with E-state index in [-0.39, 0.29) is 23.4 Å². The molecular formula is C18H16F5N5O. The number of aliphatic imine (C=N–C) groups is 1. The monoisotopic (exact) mass is 413 g/mol. The number of hydrogen-bond acceptors (Lipinski definition) is 4. The summed E-state index contributed by atoms with van der Waals surface area (Å²) in [4.78, 5) is 16.0. The minimum absolute atomic E-state index is 0.112. The van der Waals surface area contributed by atoms with Gasteiger partial charge >= 0.3 is 6.55 Å². The van der Waals surface area contributed by atoms with Crippen LogP contribution in [0.15, 0.2) is 35.5 Å². The van der Waals surface area contributed by atoms with Gasteiger partial charge in [-0.25, -0.2) is 17.9 Å². The third-order valence-corrected chi connectivity index (χ3v) is 5.31. The molecule has 1 aliphatic heterocycles. The van der Waals surface area contributed by atoms with Crippen LogP contribution in [-0.4, -0.2) is 33.1 Å².